The second-order valence-electron chi connectivity index (χ2n) is 3.27. The van der Waals surface area contributed by atoms with Crippen LogP contribution < -0.4 is 10.1 Å². The van der Waals surface area contributed by atoms with Crippen LogP contribution >= 0.6 is 0 Å². The van der Waals surface area contributed by atoms with Gasteiger partial charge in [-0.25, -0.2) is 9.78 Å². The molecule has 1 aromatic rings. The summed E-state index contributed by atoms with van der Waals surface area (Å²) in [6.07, 6.45) is 0. The third kappa shape index (κ3) is 5.12. The van der Waals surface area contributed by atoms with E-state index in [1.54, 1.807) is 20.1 Å². The molecule has 17 heavy (non-hydrogen) atoms. The molecule has 0 aromatic carbocycles. The SMILES string of the molecule is COCCNc1nc(C)cc(OCC(=O)O)n1. The minimum absolute atomic E-state index is 0.236. The summed E-state index contributed by atoms with van der Waals surface area (Å²) in [6, 6.07) is 1.57. The number of hydrogen-bond acceptors (Lipinski definition) is 6. The second-order valence-corrected chi connectivity index (χ2v) is 3.27. The Hall–Kier alpha value is -1.89. The van der Waals surface area contributed by atoms with Crippen molar-refractivity contribution >= 4 is 11.9 Å². The van der Waals surface area contributed by atoms with Crippen LogP contribution in [0.2, 0.25) is 0 Å². The van der Waals surface area contributed by atoms with Crippen LogP contribution in [-0.4, -0.2) is 47.9 Å². The molecule has 1 heterocycles. The van der Waals surface area contributed by atoms with Crippen LogP contribution in [0.3, 0.4) is 0 Å². The Kier molecular flexibility index (Phi) is 5.15. The molecule has 0 radical (unpaired) electrons. The van der Waals surface area contributed by atoms with Crippen LogP contribution in [-0.2, 0) is 9.53 Å². The fourth-order valence-electron chi connectivity index (χ4n) is 1.09. The number of rotatable bonds is 7. The largest absolute Gasteiger partial charge is 0.479 e. The minimum Gasteiger partial charge on any atom is -0.479 e. The average Bonchev–Trinajstić information content (AvgIpc) is 2.26. The number of ether oxygens (including phenoxy) is 2. The van der Waals surface area contributed by atoms with E-state index >= 15 is 0 Å². The molecule has 0 amide bonds. The number of carboxylic acids is 1. The molecule has 7 heteroatoms. The number of aryl methyl sites for hydroxylation is 1. The lowest BCUT2D eigenvalue weighted by atomic mass is 10.4. The monoisotopic (exact) mass is 241 g/mol. The summed E-state index contributed by atoms with van der Waals surface area (Å²) >= 11 is 0. The molecule has 0 spiro atoms. The normalized spacial score (nSPS) is 10.0. The maximum Gasteiger partial charge on any atom is 0.341 e. The Morgan fingerprint density at radius 3 is 2.94 bits per heavy atom. The summed E-state index contributed by atoms with van der Waals surface area (Å²) in [5, 5.41) is 11.4. The Morgan fingerprint density at radius 1 is 1.53 bits per heavy atom. The van der Waals surface area contributed by atoms with Gasteiger partial charge in [-0.2, -0.15) is 4.98 Å². The van der Waals surface area contributed by atoms with Crippen LogP contribution in [0, 0.1) is 6.92 Å². The van der Waals surface area contributed by atoms with Gasteiger partial charge in [0.25, 0.3) is 0 Å². The number of hydrogen-bond donors (Lipinski definition) is 2. The van der Waals surface area contributed by atoms with Crippen molar-refractivity contribution in [2.45, 2.75) is 6.92 Å². The highest BCUT2D eigenvalue weighted by atomic mass is 16.5. The minimum atomic E-state index is -1.05. The van der Waals surface area contributed by atoms with E-state index in [0.717, 1.165) is 0 Å². The topological polar surface area (TPSA) is 93.6 Å². The van der Waals surface area contributed by atoms with Crippen LogP contribution in [0.1, 0.15) is 5.69 Å². The lowest BCUT2D eigenvalue weighted by Gasteiger charge is -2.07. The molecule has 0 aliphatic heterocycles. The van der Waals surface area contributed by atoms with E-state index in [9.17, 15) is 4.79 Å². The highest BCUT2D eigenvalue weighted by molar-refractivity contribution is 5.68. The molecule has 0 saturated carbocycles. The number of anilines is 1. The molecule has 0 bridgehead atoms. The molecule has 0 saturated heterocycles. The molecular weight excluding hydrogens is 226 g/mol. The van der Waals surface area contributed by atoms with E-state index < -0.39 is 12.6 Å². The van der Waals surface area contributed by atoms with Gasteiger partial charge in [0.15, 0.2) is 6.61 Å². The summed E-state index contributed by atoms with van der Waals surface area (Å²) < 4.78 is 9.85. The first-order chi connectivity index (χ1) is 8.11. The van der Waals surface area contributed by atoms with Crippen molar-refractivity contribution in [2.75, 3.05) is 32.2 Å². The van der Waals surface area contributed by atoms with Crippen molar-refractivity contribution in [1.29, 1.82) is 0 Å². The highest BCUT2D eigenvalue weighted by Gasteiger charge is 2.04. The molecule has 1 rings (SSSR count). The maximum atomic E-state index is 10.4. The molecule has 94 valence electrons. The Balaban J connectivity index is 2.62. The fraction of sp³-hybridized carbons (Fsp3) is 0.500. The number of nitrogens with zero attached hydrogens (tertiary/aromatic N) is 2. The quantitative estimate of drug-likeness (QED) is 0.663. The van der Waals surface area contributed by atoms with Crippen molar-refractivity contribution < 1.29 is 19.4 Å². The zero-order valence-electron chi connectivity index (χ0n) is 9.77. The standard InChI is InChI=1S/C10H15N3O4/c1-7-5-8(17-6-9(14)15)13-10(12-7)11-3-4-16-2/h5H,3-4,6H2,1-2H3,(H,14,15)(H,11,12,13). The maximum absolute atomic E-state index is 10.4. The first kappa shape index (κ1) is 13.2. The van der Waals surface area contributed by atoms with Gasteiger partial charge in [-0.3, -0.25) is 0 Å². The Labute approximate surface area is 98.8 Å². The van der Waals surface area contributed by atoms with E-state index in [2.05, 4.69) is 15.3 Å². The lowest BCUT2D eigenvalue weighted by molar-refractivity contribution is -0.139. The van der Waals surface area contributed by atoms with E-state index in [0.29, 0.717) is 24.8 Å². The molecule has 0 unspecified atom stereocenters. The number of carbonyl (C=O) groups is 1. The van der Waals surface area contributed by atoms with Gasteiger partial charge in [0, 0.05) is 25.4 Å². The lowest BCUT2D eigenvalue weighted by Crippen LogP contribution is -2.13. The molecule has 0 aliphatic carbocycles. The zero-order valence-corrected chi connectivity index (χ0v) is 9.77. The van der Waals surface area contributed by atoms with Crippen molar-refractivity contribution in [3.05, 3.63) is 11.8 Å². The van der Waals surface area contributed by atoms with E-state index in [-0.39, 0.29) is 5.88 Å². The third-order valence-electron chi connectivity index (χ3n) is 1.76. The number of methoxy groups -OCH3 is 1. The highest BCUT2D eigenvalue weighted by Crippen LogP contribution is 2.11. The number of carboxylic acid groups (broad SMARTS) is 1. The molecule has 7 nitrogen and oxygen atoms in total. The van der Waals surface area contributed by atoms with Crippen molar-refractivity contribution in [1.82, 2.24) is 9.97 Å². The first-order valence-electron chi connectivity index (χ1n) is 5.05. The van der Waals surface area contributed by atoms with Gasteiger partial charge < -0.3 is 19.9 Å². The van der Waals surface area contributed by atoms with Crippen molar-refractivity contribution in [2.24, 2.45) is 0 Å². The average molecular weight is 241 g/mol. The molecule has 1 aromatic heterocycles. The number of aliphatic carboxylic acids is 1. The van der Waals surface area contributed by atoms with Gasteiger partial charge >= 0.3 is 5.97 Å². The number of nitrogens with one attached hydrogen (secondary N) is 1. The van der Waals surface area contributed by atoms with Crippen LogP contribution in [0.25, 0.3) is 0 Å². The molecule has 0 aliphatic rings. The van der Waals surface area contributed by atoms with Crippen molar-refractivity contribution in [3.63, 3.8) is 0 Å². The smallest absolute Gasteiger partial charge is 0.341 e. The molecule has 0 atom stereocenters. The second kappa shape index (κ2) is 6.64. The van der Waals surface area contributed by atoms with Gasteiger partial charge in [0.05, 0.1) is 6.61 Å². The Morgan fingerprint density at radius 2 is 2.29 bits per heavy atom. The molecule has 2 N–H and O–H groups in total. The summed E-state index contributed by atoms with van der Waals surface area (Å²) in [5.74, 6) is -0.419. The first-order valence-corrected chi connectivity index (χ1v) is 5.05. The summed E-state index contributed by atoms with van der Waals surface area (Å²) in [4.78, 5) is 18.5. The van der Waals surface area contributed by atoms with Crippen molar-refractivity contribution in [3.8, 4) is 5.88 Å². The van der Waals surface area contributed by atoms with Gasteiger partial charge in [0.2, 0.25) is 11.8 Å². The third-order valence-corrected chi connectivity index (χ3v) is 1.76. The van der Waals surface area contributed by atoms with E-state index in [1.807, 2.05) is 0 Å². The summed E-state index contributed by atoms with van der Waals surface area (Å²) in [6.45, 7) is 2.45. The number of aromatic nitrogens is 2. The van der Waals surface area contributed by atoms with Crippen LogP contribution in [0.4, 0.5) is 5.95 Å². The Bertz CT molecular complexity index is 384. The molecule has 0 fully saturated rings. The zero-order chi connectivity index (χ0) is 12.7. The summed E-state index contributed by atoms with van der Waals surface area (Å²) in [5.41, 5.74) is 0.695. The van der Waals surface area contributed by atoms with Crippen LogP contribution in [0.15, 0.2) is 6.07 Å². The van der Waals surface area contributed by atoms with E-state index in [1.165, 1.54) is 0 Å². The fourth-order valence-corrected chi connectivity index (χ4v) is 1.09. The molecular formula is C10H15N3O4. The van der Waals surface area contributed by atoms with Gasteiger partial charge in [-0.1, -0.05) is 0 Å². The van der Waals surface area contributed by atoms with Gasteiger partial charge in [0.1, 0.15) is 0 Å². The predicted molar refractivity (Wildman–Crippen MR) is 60.3 cm³/mol. The van der Waals surface area contributed by atoms with Gasteiger partial charge in [-0.05, 0) is 6.92 Å². The van der Waals surface area contributed by atoms with Gasteiger partial charge in [-0.15, -0.1) is 0 Å². The van der Waals surface area contributed by atoms with E-state index in [4.69, 9.17) is 14.6 Å². The summed E-state index contributed by atoms with van der Waals surface area (Å²) in [7, 11) is 1.60. The predicted octanol–water partition coefficient (Wildman–Crippen LogP) is 0.307. The van der Waals surface area contributed by atoms with Crippen LogP contribution in [0.5, 0.6) is 5.88 Å².